The van der Waals surface area contributed by atoms with Gasteiger partial charge in [-0.1, -0.05) is 0 Å². The van der Waals surface area contributed by atoms with Crippen LogP contribution in [-0.2, 0) is 0 Å². The first-order valence-corrected chi connectivity index (χ1v) is 5.10. The molecule has 1 N–H and O–H groups in total. The first-order valence-electron chi connectivity index (χ1n) is 4.30. The fourth-order valence-corrected chi connectivity index (χ4v) is 1.73. The zero-order chi connectivity index (χ0) is 12.6. The highest BCUT2D eigenvalue weighted by Crippen LogP contribution is 2.27. The molecule has 1 aromatic carbocycles. The standard InChI is InChI=1S/C9H4BrF3N2O2/c10-7-6-3-4(17-9(11,12)13)1-2-5(6)8(16)15-14-7/h1-3H,(H,15,16). The Morgan fingerprint density at radius 1 is 1.29 bits per heavy atom. The number of ether oxygens (including phenoxy) is 1. The number of aromatic amines is 1. The van der Waals surface area contributed by atoms with Crippen LogP contribution in [0.25, 0.3) is 10.8 Å². The smallest absolute Gasteiger partial charge is 0.406 e. The van der Waals surface area contributed by atoms with Gasteiger partial charge in [0.15, 0.2) is 0 Å². The maximum atomic E-state index is 12.0. The third-order valence-electron chi connectivity index (χ3n) is 1.95. The molecule has 0 aliphatic heterocycles. The van der Waals surface area contributed by atoms with E-state index in [1.54, 1.807) is 0 Å². The van der Waals surface area contributed by atoms with E-state index in [-0.39, 0.29) is 15.4 Å². The van der Waals surface area contributed by atoms with Crippen molar-refractivity contribution in [2.24, 2.45) is 0 Å². The van der Waals surface area contributed by atoms with Crippen LogP contribution in [0.4, 0.5) is 13.2 Å². The minimum atomic E-state index is -4.77. The van der Waals surface area contributed by atoms with E-state index < -0.39 is 17.7 Å². The van der Waals surface area contributed by atoms with Crippen molar-refractivity contribution < 1.29 is 17.9 Å². The molecule has 17 heavy (non-hydrogen) atoms. The number of aromatic nitrogens is 2. The molecular weight excluding hydrogens is 305 g/mol. The van der Waals surface area contributed by atoms with Gasteiger partial charge in [0.05, 0.1) is 5.39 Å². The minimum absolute atomic E-state index is 0.224. The Kier molecular flexibility index (Phi) is 2.82. The Labute approximate surface area is 101 Å². The van der Waals surface area contributed by atoms with Gasteiger partial charge in [-0.15, -0.1) is 13.2 Å². The lowest BCUT2D eigenvalue weighted by molar-refractivity contribution is -0.274. The zero-order valence-corrected chi connectivity index (χ0v) is 9.59. The number of hydrogen-bond donors (Lipinski definition) is 1. The average Bonchev–Trinajstić information content (AvgIpc) is 2.21. The second-order valence-corrected chi connectivity index (χ2v) is 3.85. The largest absolute Gasteiger partial charge is 0.573 e. The molecule has 90 valence electrons. The Bertz CT molecular complexity index is 624. The van der Waals surface area contributed by atoms with Crippen molar-refractivity contribution >= 4 is 26.7 Å². The highest BCUT2D eigenvalue weighted by molar-refractivity contribution is 9.10. The Hall–Kier alpha value is -1.57. The highest BCUT2D eigenvalue weighted by atomic mass is 79.9. The van der Waals surface area contributed by atoms with Crippen molar-refractivity contribution in [3.8, 4) is 5.75 Å². The molecule has 0 radical (unpaired) electrons. The molecule has 0 spiro atoms. The van der Waals surface area contributed by atoms with Crippen molar-refractivity contribution in [2.45, 2.75) is 6.36 Å². The Morgan fingerprint density at radius 3 is 2.65 bits per heavy atom. The third-order valence-corrected chi connectivity index (χ3v) is 2.55. The van der Waals surface area contributed by atoms with E-state index in [9.17, 15) is 18.0 Å². The Balaban J connectivity index is 2.58. The molecule has 1 heterocycles. The van der Waals surface area contributed by atoms with Gasteiger partial charge in [0.1, 0.15) is 10.4 Å². The summed E-state index contributed by atoms with van der Waals surface area (Å²) in [5.74, 6) is -0.405. The lowest BCUT2D eigenvalue weighted by Gasteiger charge is -2.09. The molecule has 0 unspecified atom stereocenters. The number of nitrogens with one attached hydrogen (secondary N) is 1. The summed E-state index contributed by atoms with van der Waals surface area (Å²) in [5.41, 5.74) is -0.484. The number of rotatable bonds is 1. The van der Waals surface area contributed by atoms with Crippen molar-refractivity contribution in [3.05, 3.63) is 33.2 Å². The van der Waals surface area contributed by atoms with Gasteiger partial charge < -0.3 is 4.74 Å². The van der Waals surface area contributed by atoms with Crippen LogP contribution in [0.3, 0.4) is 0 Å². The predicted octanol–water partition coefficient (Wildman–Crippen LogP) is 2.58. The van der Waals surface area contributed by atoms with Gasteiger partial charge in [0, 0.05) is 5.39 Å². The maximum Gasteiger partial charge on any atom is 0.573 e. The summed E-state index contributed by atoms with van der Waals surface area (Å²) < 4.78 is 40.0. The molecule has 0 saturated carbocycles. The molecular formula is C9H4BrF3N2O2. The van der Waals surface area contributed by atoms with E-state index in [1.807, 2.05) is 0 Å². The molecule has 0 saturated heterocycles. The SMILES string of the molecule is O=c1[nH]nc(Br)c2cc(OC(F)(F)F)ccc12. The third kappa shape index (κ3) is 2.57. The summed E-state index contributed by atoms with van der Waals surface area (Å²) in [7, 11) is 0. The quantitative estimate of drug-likeness (QED) is 0.881. The van der Waals surface area contributed by atoms with Crippen LogP contribution in [0.15, 0.2) is 27.6 Å². The number of nitrogens with zero attached hydrogens (tertiary/aromatic N) is 1. The van der Waals surface area contributed by atoms with Gasteiger partial charge in [-0.05, 0) is 34.1 Å². The molecule has 0 atom stereocenters. The first-order chi connectivity index (χ1) is 7.87. The van der Waals surface area contributed by atoms with Crippen molar-refractivity contribution in [1.82, 2.24) is 10.2 Å². The highest BCUT2D eigenvalue weighted by Gasteiger charge is 2.31. The summed E-state index contributed by atoms with van der Waals surface area (Å²) in [6.07, 6.45) is -4.77. The van der Waals surface area contributed by atoms with Gasteiger partial charge in [-0.2, -0.15) is 5.10 Å². The second kappa shape index (κ2) is 4.02. The van der Waals surface area contributed by atoms with Crippen LogP contribution in [0.2, 0.25) is 0 Å². The Morgan fingerprint density at radius 2 is 2.00 bits per heavy atom. The van der Waals surface area contributed by atoms with E-state index in [1.165, 1.54) is 6.07 Å². The van der Waals surface area contributed by atoms with Crippen LogP contribution in [0.1, 0.15) is 0 Å². The van der Waals surface area contributed by atoms with E-state index in [4.69, 9.17) is 0 Å². The summed E-state index contributed by atoms with van der Waals surface area (Å²) in [5, 5.41) is 6.25. The van der Waals surface area contributed by atoms with Crippen LogP contribution in [0.5, 0.6) is 5.75 Å². The number of fused-ring (bicyclic) bond motifs is 1. The molecule has 0 fully saturated rings. The molecule has 0 bridgehead atoms. The van der Waals surface area contributed by atoms with Gasteiger partial charge in [-0.3, -0.25) is 4.79 Å². The second-order valence-electron chi connectivity index (χ2n) is 3.10. The van der Waals surface area contributed by atoms with Crippen LogP contribution < -0.4 is 10.3 Å². The van der Waals surface area contributed by atoms with Crippen molar-refractivity contribution in [3.63, 3.8) is 0 Å². The van der Waals surface area contributed by atoms with E-state index in [0.29, 0.717) is 0 Å². The molecule has 8 heteroatoms. The molecule has 2 aromatic rings. The van der Waals surface area contributed by atoms with Crippen molar-refractivity contribution in [2.75, 3.05) is 0 Å². The molecule has 2 rings (SSSR count). The summed E-state index contributed by atoms with van der Waals surface area (Å²) in [6, 6.07) is 3.40. The summed E-state index contributed by atoms with van der Waals surface area (Å²) in [4.78, 5) is 11.3. The van der Waals surface area contributed by atoms with E-state index >= 15 is 0 Å². The number of alkyl halides is 3. The average molecular weight is 309 g/mol. The van der Waals surface area contributed by atoms with Crippen LogP contribution >= 0.6 is 15.9 Å². The van der Waals surface area contributed by atoms with Gasteiger partial charge in [0.2, 0.25) is 0 Å². The molecule has 0 amide bonds. The number of benzene rings is 1. The van der Waals surface area contributed by atoms with Gasteiger partial charge in [0.25, 0.3) is 5.56 Å². The monoisotopic (exact) mass is 308 g/mol. The summed E-state index contributed by atoms with van der Waals surface area (Å²) >= 11 is 3.03. The topological polar surface area (TPSA) is 55.0 Å². The lowest BCUT2D eigenvalue weighted by Crippen LogP contribution is -2.17. The normalized spacial score (nSPS) is 11.8. The number of hydrogen-bond acceptors (Lipinski definition) is 3. The molecule has 0 aliphatic rings. The summed E-state index contributed by atoms with van der Waals surface area (Å²) in [6.45, 7) is 0. The van der Waals surface area contributed by atoms with Crippen LogP contribution in [-0.4, -0.2) is 16.6 Å². The minimum Gasteiger partial charge on any atom is -0.406 e. The molecule has 4 nitrogen and oxygen atoms in total. The van der Waals surface area contributed by atoms with E-state index in [0.717, 1.165) is 12.1 Å². The first kappa shape index (κ1) is 11.9. The van der Waals surface area contributed by atoms with Gasteiger partial charge in [-0.25, -0.2) is 5.10 Å². The lowest BCUT2D eigenvalue weighted by atomic mass is 10.2. The van der Waals surface area contributed by atoms with Gasteiger partial charge >= 0.3 is 6.36 Å². The van der Waals surface area contributed by atoms with Crippen molar-refractivity contribution in [1.29, 1.82) is 0 Å². The fraction of sp³-hybridized carbons (Fsp3) is 0.111. The number of halogens is 4. The van der Waals surface area contributed by atoms with E-state index in [2.05, 4.69) is 30.9 Å². The van der Waals surface area contributed by atoms with Crippen LogP contribution in [0, 0.1) is 0 Å². The number of H-pyrrole nitrogens is 1. The maximum absolute atomic E-state index is 12.0. The fourth-order valence-electron chi connectivity index (χ4n) is 1.31. The molecule has 1 aromatic heterocycles. The predicted molar refractivity (Wildman–Crippen MR) is 56.7 cm³/mol. The zero-order valence-electron chi connectivity index (χ0n) is 8.01. The molecule has 0 aliphatic carbocycles.